The second-order valence-corrected chi connectivity index (χ2v) is 6.09. The van der Waals surface area contributed by atoms with Crippen molar-refractivity contribution in [2.75, 3.05) is 29.1 Å². The number of nitrogens with one attached hydrogen (secondary N) is 2. The Kier molecular flexibility index (Phi) is 4.24. The number of hydrogen-bond donors (Lipinski definition) is 3. The van der Waals surface area contributed by atoms with E-state index in [0.717, 1.165) is 5.69 Å². The molecule has 0 saturated heterocycles. The van der Waals surface area contributed by atoms with Crippen LogP contribution in [0.4, 0.5) is 17.3 Å². The van der Waals surface area contributed by atoms with Crippen molar-refractivity contribution >= 4 is 27.3 Å². The average Bonchev–Trinajstić information content (AvgIpc) is 2.47. The Morgan fingerprint density at radius 1 is 1.14 bits per heavy atom. The number of aromatic nitrogens is 2. The van der Waals surface area contributed by atoms with E-state index in [4.69, 9.17) is 5.84 Å². The van der Waals surface area contributed by atoms with Gasteiger partial charge in [0.2, 0.25) is 5.95 Å². The molecule has 0 spiro atoms. The van der Waals surface area contributed by atoms with Crippen LogP contribution in [0.1, 0.15) is 0 Å². The van der Waals surface area contributed by atoms with Crippen molar-refractivity contribution in [2.45, 2.75) is 4.90 Å². The van der Waals surface area contributed by atoms with Crippen LogP contribution in [0.5, 0.6) is 0 Å². The highest BCUT2D eigenvalue weighted by Crippen LogP contribution is 2.26. The minimum absolute atomic E-state index is 0.0462. The molecule has 112 valence electrons. The number of benzene rings is 1. The predicted octanol–water partition coefficient (Wildman–Crippen LogP) is 0.629. The molecule has 0 fully saturated rings. The molecule has 0 aliphatic heterocycles. The zero-order valence-electron chi connectivity index (χ0n) is 11.6. The molecule has 2 aromatic rings. The van der Waals surface area contributed by atoms with E-state index in [1.165, 1.54) is 12.4 Å². The van der Waals surface area contributed by atoms with Gasteiger partial charge in [-0.2, -0.15) is 0 Å². The fourth-order valence-corrected chi connectivity index (χ4v) is 2.65. The van der Waals surface area contributed by atoms with Gasteiger partial charge in [-0.3, -0.25) is 10.1 Å². The van der Waals surface area contributed by atoms with Crippen LogP contribution in [0.3, 0.4) is 0 Å². The second kappa shape index (κ2) is 5.94. The molecule has 9 heteroatoms. The lowest BCUT2D eigenvalue weighted by molar-refractivity contribution is 0.600. The predicted molar refractivity (Wildman–Crippen MR) is 81.4 cm³/mol. The molecule has 0 radical (unpaired) electrons. The van der Waals surface area contributed by atoms with Gasteiger partial charge in [-0.25, -0.2) is 24.2 Å². The molecule has 2 rings (SSSR count). The number of nitrogen functional groups attached to an aromatic ring is 1. The number of rotatable bonds is 5. The van der Waals surface area contributed by atoms with Crippen molar-refractivity contribution in [1.29, 1.82) is 0 Å². The Hall–Kier alpha value is -2.39. The molecule has 0 aliphatic carbocycles. The summed E-state index contributed by atoms with van der Waals surface area (Å²) in [5, 5.41) is 0. The van der Waals surface area contributed by atoms with E-state index >= 15 is 0 Å². The van der Waals surface area contributed by atoms with Gasteiger partial charge in [0, 0.05) is 14.1 Å². The summed E-state index contributed by atoms with van der Waals surface area (Å²) in [6, 6.07) is 7.08. The van der Waals surface area contributed by atoms with Gasteiger partial charge in [-0.15, -0.1) is 0 Å². The summed E-state index contributed by atoms with van der Waals surface area (Å²) >= 11 is 0. The van der Waals surface area contributed by atoms with Gasteiger partial charge >= 0.3 is 0 Å². The molecule has 0 aliphatic rings. The highest BCUT2D eigenvalue weighted by molar-refractivity contribution is 7.92. The number of para-hydroxylation sites is 2. The molecule has 21 heavy (non-hydrogen) atoms. The largest absolute Gasteiger partial charge is 0.376 e. The molecule has 8 nitrogen and oxygen atoms in total. The minimum atomic E-state index is -3.76. The Bertz CT molecular complexity index is 715. The van der Waals surface area contributed by atoms with Crippen LogP contribution >= 0.6 is 0 Å². The van der Waals surface area contributed by atoms with Crippen LogP contribution in [0, 0.1) is 0 Å². The molecule has 0 bridgehead atoms. The first-order valence-corrected chi connectivity index (χ1v) is 7.50. The highest BCUT2D eigenvalue weighted by Gasteiger charge is 2.17. The van der Waals surface area contributed by atoms with Gasteiger partial charge in [0.25, 0.3) is 10.0 Å². The van der Waals surface area contributed by atoms with Gasteiger partial charge in [0.05, 0.1) is 23.8 Å². The Balaban J connectivity index is 2.33. The number of nitrogens with two attached hydrogens (primary N) is 1. The van der Waals surface area contributed by atoms with Crippen LogP contribution in [-0.2, 0) is 10.0 Å². The number of hydrogen-bond acceptors (Lipinski definition) is 7. The lowest BCUT2D eigenvalue weighted by Gasteiger charge is -2.18. The third-order valence-electron chi connectivity index (χ3n) is 2.70. The molecule has 1 aromatic carbocycles. The SMILES string of the molecule is CN(C)c1ccccc1NS(=O)(=O)c1cnc(NN)nc1. The van der Waals surface area contributed by atoms with Crippen molar-refractivity contribution < 1.29 is 8.42 Å². The molecule has 0 atom stereocenters. The van der Waals surface area contributed by atoms with E-state index in [2.05, 4.69) is 20.1 Å². The molecular formula is C12H16N6O2S. The maximum Gasteiger partial charge on any atom is 0.265 e. The van der Waals surface area contributed by atoms with Crippen LogP contribution < -0.4 is 20.9 Å². The van der Waals surface area contributed by atoms with E-state index < -0.39 is 10.0 Å². The van der Waals surface area contributed by atoms with Crippen molar-refractivity contribution in [3.63, 3.8) is 0 Å². The van der Waals surface area contributed by atoms with Crippen molar-refractivity contribution in [2.24, 2.45) is 5.84 Å². The molecule has 1 aromatic heterocycles. The Labute approximate surface area is 123 Å². The second-order valence-electron chi connectivity index (χ2n) is 4.40. The van der Waals surface area contributed by atoms with E-state index in [9.17, 15) is 8.42 Å². The number of sulfonamides is 1. The van der Waals surface area contributed by atoms with Gasteiger partial charge in [-0.1, -0.05) is 12.1 Å². The van der Waals surface area contributed by atoms with E-state index in [1.54, 1.807) is 12.1 Å². The lowest BCUT2D eigenvalue weighted by Crippen LogP contribution is -2.18. The lowest BCUT2D eigenvalue weighted by atomic mass is 10.2. The third kappa shape index (κ3) is 3.38. The van der Waals surface area contributed by atoms with Crippen molar-refractivity contribution in [1.82, 2.24) is 9.97 Å². The van der Waals surface area contributed by atoms with Gasteiger partial charge in [0.15, 0.2) is 0 Å². The van der Waals surface area contributed by atoms with Crippen LogP contribution in [0.15, 0.2) is 41.6 Å². The monoisotopic (exact) mass is 308 g/mol. The first-order chi connectivity index (χ1) is 9.94. The minimum Gasteiger partial charge on any atom is -0.376 e. The standard InChI is InChI=1S/C12H16N6O2S/c1-18(2)11-6-4-3-5-10(11)17-21(19,20)9-7-14-12(16-13)15-8-9/h3-8,17H,13H2,1-2H3,(H,14,15,16). The molecule has 0 unspecified atom stereocenters. The maximum absolute atomic E-state index is 12.3. The number of nitrogens with zero attached hydrogens (tertiary/aromatic N) is 3. The van der Waals surface area contributed by atoms with Gasteiger partial charge in [0.1, 0.15) is 4.90 Å². The van der Waals surface area contributed by atoms with Crippen molar-refractivity contribution in [3.8, 4) is 0 Å². The summed E-state index contributed by atoms with van der Waals surface area (Å²) in [6.07, 6.45) is 2.37. The van der Waals surface area contributed by atoms with Crippen LogP contribution in [-0.4, -0.2) is 32.5 Å². The summed E-state index contributed by atoms with van der Waals surface area (Å²) in [5.74, 6) is 5.28. The summed E-state index contributed by atoms with van der Waals surface area (Å²) < 4.78 is 27.2. The maximum atomic E-state index is 12.3. The average molecular weight is 308 g/mol. The summed E-state index contributed by atoms with van der Waals surface area (Å²) in [5.41, 5.74) is 3.46. The zero-order chi connectivity index (χ0) is 15.5. The first-order valence-electron chi connectivity index (χ1n) is 6.02. The van der Waals surface area contributed by atoms with Crippen LogP contribution in [0.25, 0.3) is 0 Å². The normalized spacial score (nSPS) is 11.0. The van der Waals surface area contributed by atoms with E-state index in [1.807, 2.05) is 31.1 Å². The van der Waals surface area contributed by atoms with Crippen molar-refractivity contribution in [3.05, 3.63) is 36.7 Å². The first kappa shape index (κ1) is 15.0. The quantitative estimate of drug-likeness (QED) is 0.548. The van der Waals surface area contributed by atoms with E-state index in [-0.39, 0.29) is 10.8 Å². The zero-order valence-corrected chi connectivity index (χ0v) is 12.4. The van der Waals surface area contributed by atoms with Crippen LogP contribution in [0.2, 0.25) is 0 Å². The third-order valence-corrected chi connectivity index (χ3v) is 4.02. The molecule has 1 heterocycles. The fraction of sp³-hybridized carbons (Fsp3) is 0.167. The number of anilines is 3. The van der Waals surface area contributed by atoms with Gasteiger partial charge in [-0.05, 0) is 12.1 Å². The molecule has 0 amide bonds. The summed E-state index contributed by atoms with van der Waals surface area (Å²) in [4.78, 5) is 9.34. The fourth-order valence-electron chi connectivity index (χ4n) is 1.68. The smallest absolute Gasteiger partial charge is 0.265 e. The summed E-state index contributed by atoms with van der Waals surface area (Å²) in [6.45, 7) is 0. The van der Waals surface area contributed by atoms with Gasteiger partial charge < -0.3 is 4.90 Å². The Morgan fingerprint density at radius 2 is 1.76 bits per heavy atom. The van der Waals surface area contributed by atoms with E-state index in [0.29, 0.717) is 5.69 Å². The summed E-state index contributed by atoms with van der Waals surface area (Å²) in [7, 11) is -0.102. The Morgan fingerprint density at radius 3 is 2.33 bits per heavy atom. The topological polar surface area (TPSA) is 113 Å². The number of hydrazine groups is 1. The molecule has 0 saturated carbocycles. The highest BCUT2D eigenvalue weighted by atomic mass is 32.2. The molecule has 4 N–H and O–H groups in total. The molecular weight excluding hydrogens is 292 g/mol.